The molecule has 186 valence electrons. The number of aryl methyl sites for hydroxylation is 1. The number of hydrogen-bond donors (Lipinski definition) is 1. The maximum Gasteiger partial charge on any atom is 0.257 e. The molecule has 9 nitrogen and oxygen atoms in total. The molecule has 10 heteroatoms. The first-order valence-electron chi connectivity index (χ1n) is 11.8. The molecule has 1 unspecified atom stereocenters. The SMILES string of the molecule is COCC(C)Oc1cc(Oc2ccc(-c3nnc4n3CCCC4)cc2)cc(C(=O)Nc2nccs2)c1. The van der Waals surface area contributed by atoms with Gasteiger partial charge in [-0.3, -0.25) is 10.1 Å². The zero-order valence-electron chi connectivity index (χ0n) is 20.1. The number of amides is 1. The molecule has 2 aromatic carbocycles. The molecule has 0 saturated heterocycles. The quantitative estimate of drug-likeness (QED) is 0.334. The fourth-order valence-corrected chi connectivity index (χ4v) is 4.64. The van der Waals surface area contributed by atoms with Crippen LogP contribution in [0, 0.1) is 0 Å². The molecule has 1 aliphatic rings. The van der Waals surface area contributed by atoms with Crippen LogP contribution in [0.1, 0.15) is 35.9 Å². The van der Waals surface area contributed by atoms with Crippen LogP contribution in [0.2, 0.25) is 0 Å². The fourth-order valence-electron chi connectivity index (χ4n) is 4.12. The summed E-state index contributed by atoms with van der Waals surface area (Å²) in [4.78, 5) is 17.0. The van der Waals surface area contributed by atoms with Gasteiger partial charge in [-0.2, -0.15) is 0 Å². The van der Waals surface area contributed by atoms with E-state index in [1.807, 2.05) is 31.2 Å². The predicted octanol–water partition coefficient (Wildman–Crippen LogP) is 5.20. The van der Waals surface area contributed by atoms with Crippen LogP contribution in [-0.2, 0) is 17.7 Å². The highest BCUT2D eigenvalue weighted by atomic mass is 32.1. The normalized spacial score (nSPS) is 13.6. The van der Waals surface area contributed by atoms with Crippen molar-refractivity contribution >= 4 is 22.4 Å². The molecule has 0 aliphatic carbocycles. The summed E-state index contributed by atoms with van der Waals surface area (Å²) < 4.78 is 19.5. The summed E-state index contributed by atoms with van der Waals surface area (Å²) in [6.07, 6.45) is 4.70. The van der Waals surface area contributed by atoms with Crippen LogP contribution in [0.4, 0.5) is 5.13 Å². The van der Waals surface area contributed by atoms with Crippen molar-refractivity contribution in [3.8, 4) is 28.6 Å². The number of methoxy groups -OCH3 is 1. The van der Waals surface area contributed by atoms with Gasteiger partial charge in [0, 0.05) is 48.8 Å². The monoisotopic (exact) mass is 505 g/mol. The first-order chi connectivity index (χ1) is 17.6. The number of carbonyl (C=O) groups is 1. The van der Waals surface area contributed by atoms with Crippen LogP contribution in [0.15, 0.2) is 54.0 Å². The van der Waals surface area contributed by atoms with Crippen LogP contribution in [0.3, 0.4) is 0 Å². The second-order valence-corrected chi connectivity index (χ2v) is 9.44. The van der Waals surface area contributed by atoms with E-state index in [1.165, 1.54) is 11.3 Å². The summed E-state index contributed by atoms with van der Waals surface area (Å²) in [7, 11) is 1.62. The molecule has 0 radical (unpaired) electrons. The number of nitrogens with one attached hydrogen (secondary N) is 1. The van der Waals surface area contributed by atoms with Crippen LogP contribution >= 0.6 is 11.3 Å². The second-order valence-electron chi connectivity index (χ2n) is 8.54. The molecule has 1 N–H and O–H groups in total. The van der Waals surface area contributed by atoms with Crippen LogP contribution < -0.4 is 14.8 Å². The van der Waals surface area contributed by atoms with Gasteiger partial charge in [0.25, 0.3) is 5.91 Å². The Kier molecular flexibility index (Phi) is 7.24. The maximum absolute atomic E-state index is 12.9. The molecule has 36 heavy (non-hydrogen) atoms. The van der Waals surface area contributed by atoms with E-state index in [1.54, 1.807) is 36.9 Å². The van der Waals surface area contributed by atoms with E-state index in [0.717, 1.165) is 43.0 Å². The highest BCUT2D eigenvalue weighted by Crippen LogP contribution is 2.31. The highest BCUT2D eigenvalue weighted by Gasteiger charge is 2.17. The van der Waals surface area contributed by atoms with Gasteiger partial charge in [-0.15, -0.1) is 21.5 Å². The van der Waals surface area contributed by atoms with Gasteiger partial charge in [0.1, 0.15) is 29.2 Å². The predicted molar refractivity (Wildman–Crippen MR) is 137 cm³/mol. The number of ether oxygens (including phenoxy) is 3. The molecule has 2 aromatic heterocycles. The molecule has 1 amide bonds. The minimum absolute atomic E-state index is 0.200. The third-order valence-corrected chi connectivity index (χ3v) is 6.43. The number of carbonyl (C=O) groups excluding carboxylic acids is 1. The van der Waals surface area contributed by atoms with Gasteiger partial charge in [0.15, 0.2) is 11.0 Å². The summed E-state index contributed by atoms with van der Waals surface area (Å²) in [5.74, 6) is 3.23. The molecule has 0 bridgehead atoms. The lowest BCUT2D eigenvalue weighted by atomic mass is 10.1. The topological polar surface area (TPSA) is 100 Å². The Morgan fingerprint density at radius 3 is 2.72 bits per heavy atom. The van der Waals surface area contributed by atoms with Crippen molar-refractivity contribution in [1.29, 1.82) is 0 Å². The first-order valence-corrected chi connectivity index (χ1v) is 12.7. The van der Waals surface area contributed by atoms with Crippen molar-refractivity contribution in [2.75, 3.05) is 19.0 Å². The molecule has 1 atom stereocenters. The maximum atomic E-state index is 12.9. The van der Waals surface area contributed by atoms with E-state index in [2.05, 4.69) is 25.1 Å². The molecule has 3 heterocycles. The van der Waals surface area contributed by atoms with Crippen molar-refractivity contribution in [2.45, 2.75) is 38.8 Å². The molecule has 0 saturated carbocycles. The summed E-state index contributed by atoms with van der Waals surface area (Å²) >= 11 is 1.35. The third kappa shape index (κ3) is 5.55. The number of hydrogen-bond acceptors (Lipinski definition) is 8. The van der Waals surface area contributed by atoms with Crippen molar-refractivity contribution in [2.24, 2.45) is 0 Å². The van der Waals surface area contributed by atoms with Gasteiger partial charge >= 0.3 is 0 Å². The first kappa shape index (κ1) is 24.0. The standard InChI is InChI=1S/C26H27N5O4S/c1-17(16-33-2)34-21-13-19(25(32)28-26-27-10-12-36-26)14-22(15-21)35-20-8-6-18(7-9-20)24-30-29-23-5-3-4-11-31(23)24/h6-10,12-15,17H,3-5,11,16H2,1-2H3,(H,27,28,32). The van der Waals surface area contributed by atoms with Gasteiger partial charge in [-0.05, 0) is 56.2 Å². The lowest BCUT2D eigenvalue weighted by Gasteiger charge is -2.16. The van der Waals surface area contributed by atoms with Crippen molar-refractivity contribution in [3.63, 3.8) is 0 Å². The number of benzene rings is 2. The van der Waals surface area contributed by atoms with E-state index in [-0.39, 0.29) is 12.0 Å². The molecule has 0 spiro atoms. The lowest BCUT2D eigenvalue weighted by Crippen LogP contribution is -2.18. The molecule has 1 aliphatic heterocycles. The zero-order valence-corrected chi connectivity index (χ0v) is 21.0. The van der Waals surface area contributed by atoms with E-state index >= 15 is 0 Å². The number of fused-ring (bicyclic) bond motifs is 1. The Morgan fingerprint density at radius 2 is 1.94 bits per heavy atom. The zero-order chi connectivity index (χ0) is 24.9. The Bertz CT molecular complexity index is 1320. The minimum Gasteiger partial charge on any atom is -0.488 e. The minimum atomic E-state index is -0.299. The Balaban J connectivity index is 1.37. The Hall–Kier alpha value is -3.76. The van der Waals surface area contributed by atoms with Crippen molar-refractivity contribution < 1.29 is 19.0 Å². The van der Waals surface area contributed by atoms with Crippen LogP contribution in [-0.4, -0.2) is 45.5 Å². The Labute approximate surface area is 213 Å². The summed E-state index contributed by atoms with van der Waals surface area (Å²) in [5.41, 5.74) is 1.38. The highest BCUT2D eigenvalue weighted by molar-refractivity contribution is 7.13. The number of rotatable bonds is 9. The smallest absolute Gasteiger partial charge is 0.257 e. The number of anilines is 1. The number of aromatic nitrogens is 4. The lowest BCUT2D eigenvalue weighted by molar-refractivity contribution is 0.0916. The van der Waals surface area contributed by atoms with Gasteiger partial charge in [-0.25, -0.2) is 4.98 Å². The second kappa shape index (κ2) is 10.9. The van der Waals surface area contributed by atoms with Gasteiger partial charge in [0.05, 0.1) is 6.61 Å². The van der Waals surface area contributed by atoms with Gasteiger partial charge < -0.3 is 18.8 Å². The number of thiazole rings is 1. The largest absolute Gasteiger partial charge is 0.488 e. The van der Waals surface area contributed by atoms with Crippen LogP contribution in [0.5, 0.6) is 17.2 Å². The fraction of sp³-hybridized carbons (Fsp3) is 0.308. The van der Waals surface area contributed by atoms with Crippen molar-refractivity contribution in [3.05, 3.63) is 65.4 Å². The van der Waals surface area contributed by atoms with Gasteiger partial charge in [-0.1, -0.05) is 0 Å². The summed E-state index contributed by atoms with van der Waals surface area (Å²) in [6.45, 7) is 3.25. The molecular formula is C26H27N5O4S. The van der Waals surface area contributed by atoms with E-state index < -0.39 is 0 Å². The van der Waals surface area contributed by atoms with E-state index in [4.69, 9.17) is 14.2 Å². The Morgan fingerprint density at radius 1 is 1.11 bits per heavy atom. The molecular weight excluding hydrogens is 478 g/mol. The summed E-state index contributed by atoms with van der Waals surface area (Å²) in [6, 6.07) is 12.8. The summed E-state index contributed by atoms with van der Waals surface area (Å²) in [5, 5.41) is 13.9. The number of nitrogens with zero attached hydrogens (tertiary/aromatic N) is 4. The van der Waals surface area contributed by atoms with Gasteiger partial charge in [0.2, 0.25) is 0 Å². The average molecular weight is 506 g/mol. The van der Waals surface area contributed by atoms with E-state index in [0.29, 0.717) is 34.6 Å². The average Bonchev–Trinajstić information content (AvgIpc) is 3.54. The molecule has 4 aromatic rings. The van der Waals surface area contributed by atoms with E-state index in [9.17, 15) is 4.79 Å². The molecule has 5 rings (SSSR count). The van der Waals surface area contributed by atoms with Crippen LogP contribution in [0.25, 0.3) is 11.4 Å². The molecule has 0 fully saturated rings. The van der Waals surface area contributed by atoms with Crippen molar-refractivity contribution in [1.82, 2.24) is 19.7 Å². The third-order valence-electron chi connectivity index (χ3n) is 5.74.